The van der Waals surface area contributed by atoms with E-state index in [0.29, 0.717) is 6.04 Å². The van der Waals surface area contributed by atoms with Crippen LogP contribution in [0.3, 0.4) is 0 Å². The maximum Gasteiger partial charge on any atom is 0.225 e. The third-order valence-electron chi connectivity index (χ3n) is 4.95. The largest absolute Gasteiger partial charge is 0.354 e. The van der Waals surface area contributed by atoms with Crippen molar-refractivity contribution in [1.29, 1.82) is 0 Å². The van der Waals surface area contributed by atoms with Crippen LogP contribution in [0.4, 0.5) is 0 Å². The second kappa shape index (κ2) is 7.28. The van der Waals surface area contributed by atoms with Gasteiger partial charge < -0.3 is 10.6 Å². The molecule has 3 heteroatoms. The molecule has 110 valence electrons. The molecular weight excluding hydrogens is 236 g/mol. The van der Waals surface area contributed by atoms with Crippen molar-refractivity contribution in [2.45, 2.75) is 77.2 Å². The fourth-order valence-corrected chi connectivity index (χ4v) is 3.53. The van der Waals surface area contributed by atoms with E-state index in [2.05, 4.69) is 17.6 Å². The summed E-state index contributed by atoms with van der Waals surface area (Å²) in [6.45, 7) is 3.82. The molecule has 0 saturated heterocycles. The Balaban J connectivity index is 1.59. The van der Waals surface area contributed by atoms with Crippen LogP contribution in [-0.4, -0.2) is 25.0 Å². The van der Waals surface area contributed by atoms with Crippen LogP contribution in [0.5, 0.6) is 0 Å². The fraction of sp³-hybridized carbons (Fsp3) is 0.938. The Morgan fingerprint density at radius 1 is 1.00 bits per heavy atom. The molecule has 3 nitrogen and oxygen atoms in total. The molecule has 1 amide bonds. The molecule has 2 aliphatic rings. The molecule has 0 bridgehead atoms. The van der Waals surface area contributed by atoms with E-state index < -0.39 is 0 Å². The molecule has 2 N–H and O–H groups in total. The van der Waals surface area contributed by atoms with E-state index in [0.717, 1.165) is 25.9 Å². The highest BCUT2D eigenvalue weighted by Crippen LogP contribution is 2.37. The summed E-state index contributed by atoms with van der Waals surface area (Å²) in [6, 6.07) is 0.682. The molecule has 0 aromatic heterocycles. The molecule has 0 aromatic carbocycles. The monoisotopic (exact) mass is 266 g/mol. The molecule has 19 heavy (non-hydrogen) atoms. The standard InChI is InChI=1S/C16H30N2O/c1-16(10-6-7-11-16)15(19)18-13-12-17-14-8-4-2-3-5-9-14/h14,17H,2-13H2,1H3,(H,18,19). The summed E-state index contributed by atoms with van der Waals surface area (Å²) in [5.41, 5.74) is -0.0810. The summed E-state index contributed by atoms with van der Waals surface area (Å²) >= 11 is 0. The highest BCUT2D eigenvalue weighted by atomic mass is 16.2. The lowest BCUT2D eigenvalue weighted by atomic mass is 9.88. The SMILES string of the molecule is CC1(C(=O)NCCNC2CCCCCC2)CCCC1. The van der Waals surface area contributed by atoms with Gasteiger partial charge in [-0.25, -0.2) is 0 Å². The van der Waals surface area contributed by atoms with Crippen molar-refractivity contribution in [3.8, 4) is 0 Å². The van der Waals surface area contributed by atoms with E-state index in [1.807, 2.05) is 0 Å². The van der Waals surface area contributed by atoms with E-state index in [-0.39, 0.29) is 11.3 Å². The summed E-state index contributed by atoms with van der Waals surface area (Å²) < 4.78 is 0. The highest BCUT2D eigenvalue weighted by molar-refractivity contribution is 5.82. The third kappa shape index (κ3) is 4.48. The van der Waals surface area contributed by atoms with Gasteiger partial charge in [-0.1, -0.05) is 45.4 Å². The molecular formula is C16H30N2O. The lowest BCUT2D eigenvalue weighted by Gasteiger charge is -2.23. The first-order valence-electron chi connectivity index (χ1n) is 8.22. The number of amides is 1. The Morgan fingerprint density at radius 2 is 1.63 bits per heavy atom. The van der Waals surface area contributed by atoms with Crippen LogP contribution in [0, 0.1) is 5.41 Å². The number of carbonyl (C=O) groups excluding carboxylic acids is 1. The predicted molar refractivity (Wildman–Crippen MR) is 79.1 cm³/mol. The normalized spacial score (nSPS) is 24.1. The van der Waals surface area contributed by atoms with Gasteiger partial charge in [-0.05, 0) is 25.7 Å². The molecule has 2 aliphatic carbocycles. The Morgan fingerprint density at radius 3 is 2.26 bits per heavy atom. The van der Waals surface area contributed by atoms with Crippen LogP contribution >= 0.6 is 0 Å². The first-order chi connectivity index (χ1) is 9.21. The molecule has 2 saturated carbocycles. The van der Waals surface area contributed by atoms with Crippen LogP contribution < -0.4 is 10.6 Å². The van der Waals surface area contributed by atoms with Crippen molar-refractivity contribution in [3.05, 3.63) is 0 Å². The van der Waals surface area contributed by atoms with Gasteiger partial charge in [-0.2, -0.15) is 0 Å². The molecule has 0 unspecified atom stereocenters. The van der Waals surface area contributed by atoms with Crippen LogP contribution in [0.25, 0.3) is 0 Å². The predicted octanol–water partition coefficient (Wildman–Crippen LogP) is 3.00. The van der Waals surface area contributed by atoms with Gasteiger partial charge in [0.2, 0.25) is 5.91 Å². The summed E-state index contributed by atoms with van der Waals surface area (Å²) in [5.74, 6) is 0.271. The van der Waals surface area contributed by atoms with Gasteiger partial charge in [0.15, 0.2) is 0 Å². The molecule has 0 spiro atoms. The average molecular weight is 266 g/mol. The Bertz CT molecular complexity index is 276. The van der Waals surface area contributed by atoms with Crippen molar-refractivity contribution in [2.24, 2.45) is 5.41 Å². The lowest BCUT2D eigenvalue weighted by molar-refractivity contribution is -0.129. The zero-order valence-electron chi connectivity index (χ0n) is 12.5. The van der Waals surface area contributed by atoms with Gasteiger partial charge in [0.1, 0.15) is 0 Å². The molecule has 2 rings (SSSR count). The fourth-order valence-electron chi connectivity index (χ4n) is 3.53. The molecule has 0 radical (unpaired) electrons. The van der Waals surface area contributed by atoms with Crippen molar-refractivity contribution in [3.63, 3.8) is 0 Å². The van der Waals surface area contributed by atoms with Crippen LogP contribution in [0.1, 0.15) is 71.1 Å². The number of hydrogen-bond acceptors (Lipinski definition) is 2. The Labute approximate surface area is 117 Å². The number of carbonyl (C=O) groups is 1. The quantitative estimate of drug-likeness (QED) is 0.593. The van der Waals surface area contributed by atoms with Crippen LogP contribution in [0.2, 0.25) is 0 Å². The summed E-state index contributed by atoms with van der Waals surface area (Å²) in [7, 11) is 0. The minimum absolute atomic E-state index is 0.0810. The van der Waals surface area contributed by atoms with E-state index >= 15 is 0 Å². The van der Waals surface area contributed by atoms with Crippen LogP contribution in [0.15, 0.2) is 0 Å². The number of nitrogens with one attached hydrogen (secondary N) is 2. The minimum Gasteiger partial charge on any atom is -0.354 e. The summed E-state index contributed by atoms with van der Waals surface area (Å²) in [5, 5.41) is 6.72. The summed E-state index contributed by atoms with van der Waals surface area (Å²) in [4.78, 5) is 12.1. The zero-order chi connectivity index (χ0) is 13.6. The van der Waals surface area contributed by atoms with E-state index in [4.69, 9.17) is 0 Å². The summed E-state index contributed by atoms with van der Waals surface area (Å²) in [6.07, 6.45) is 12.7. The molecule has 0 aromatic rings. The van der Waals surface area contributed by atoms with Crippen LogP contribution in [-0.2, 0) is 4.79 Å². The van der Waals surface area contributed by atoms with Crippen molar-refractivity contribution in [2.75, 3.05) is 13.1 Å². The van der Waals surface area contributed by atoms with Gasteiger partial charge in [0.25, 0.3) is 0 Å². The van der Waals surface area contributed by atoms with Crippen molar-refractivity contribution in [1.82, 2.24) is 10.6 Å². The van der Waals surface area contributed by atoms with E-state index in [9.17, 15) is 4.79 Å². The molecule has 0 heterocycles. The van der Waals surface area contributed by atoms with Gasteiger partial charge in [-0.3, -0.25) is 4.79 Å². The number of hydrogen-bond donors (Lipinski definition) is 2. The lowest BCUT2D eigenvalue weighted by Crippen LogP contribution is -2.42. The topological polar surface area (TPSA) is 41.1 Å². The minimum atomic E-state index is -0.0810. The van der Waals surface area contributed by atoms with Crippen molar-refractivity contribution >= 4 is 5.91 Å². The van der Waals surface area contributed by atoms with Gasteiger partial charge >= 0.3 is 0 Å². The Kier molecular flexibility index (Phi) is 5.68. The first kappa shape index (κ1) is 14.8. The Hall–Kier alpha value is -0.570. The second-order valence-corrected chi connectivity index (χ2v) is 6.67. The zero-order valence-corrected chi connectivity index (χ0v) is 12.5. The van der Waals surface area contributed by atoms with Gasteiger partial charge in [-0.15, -0.1) is 0 Å². The second-order valence-electron chi connectivity index (χ2n) is 6.67. The van der Waals surface area contributed by atoms with Crippen molar-refractivity contribution < 1.29 is 4.79 Å². The third-order valence-corrected chi connectivity index (χ3v) is 4.95. The first-order valence-corrected chi connectivity index (χ1v) is 8.22. The maximum absolute atomic E-state index is 12.1. The highest BCUT2D eigenvalue weighted by Gasteiger charge is 2.35. The average Bonchev–Trinajstić information content (AvgIpc) is 2.70. The molecule has 0 aliphatic heterocycles. The van der Waals surface area contributed by atoms with Gasteiger partial charge in [0, 0.05) is 24.5 Å². The smallest absolute Gasteiger partial charge is 0.225 e. The van der Waals surface area contributed by atoms with E-state index in [1.54, 1.807) is 0 Å². The molecule has 2 fully saturated rings. The van der Waals surface area contributed by atoms with E-state index in [1.165, 1.54) is 51.4 Å². The van der Waals surface area contributed by atoms with Gasteiger partial charge in [0.05, 0.1) is 0 Å². The maximum atomic E-state index is 12.1. The molecule has 0 atom stereocenters. The number of rotatable bonds is 5.